The molecule has 4 atom stereocenters. The Morgan fingerprint density at radius 1 is 1.45 bits per heavy atom. The second-order valence-electron chi connectivity index (χ2n) is 3.80. The number of fused-ring (bicyclic) bond motifs is 1. The van der Waals surface area contributed by atoms with Crippen molar-refractivity contribution in [1.82, 2.24) is 10.2 Å². The highest BCUT2D eigenvalue weighted by Gasteiger charge is 2.56. The van der Waals surface area contributed by atoms with Crippen LogP contribution in [-0.2, 0) is 4.74 Å². The Hall–Kier alpha value is -0.120. The molecule has 3 heteroatoms. The molecule has 3 aliphatic heterocycles. The minimum Gasteiger partial charge on any atom is -0.370 e. The van der Waals surface area contributed by atoms with Gasteiger partial charge in [0.05, 0.1) is 24.3 Å². The second kappa shape index (κ2) is 1.97. The number of nitrogens with zero attached hydrogens (tertiary/aromatic N) is 1. The van der Waals surface area contributed by atoms with Crippen LogP contribution in [0.3, 0.4) is 0 Å². The van der Waals surface area contributed by atoms with Crippen LogP contribution < -0.4 is 5.32 Å². The molecule has 0 aromatic carbocycles. The Balaban J connectivity index is 1.93. The van der Waals surface area contributed by atoms with E-state index < -0.39 is 0 Å². The van der Waals surface area contributed by atoms with Crippen LogP contribution in [0.15, 0.2) is 0 Å². The summed E-state index contributed by atoms with van der Waals surface area (Å²) in [6.07, 6.45) is 2.28. The van der Waals surface area contributed by atoms with Gasteiger partial charge < -0.3 is 10.1 Å². The van der Waals surface area contributed by atoms with Gasteiger partial charge in [-0.05, 0) is 13.5 Å². The summed E-state index contributed by atoms with van der Waals surface area (Å²) in [5, 5.41) is 3.36. The van der Waals surface area contributed by atoms with Crippen molar-refractivity contribution in [3.63, 3.8) is 0 Å². The molecule has 3 saturated heterocycles. The van der Waals surface area contributed by atoms with Crippen molar-refractivity contribution in [3.05, 3.63) is 0 Å². The monoisotopic (exact) mass is 154 g/mol. The van der Waals surface area contributed by atoms with Gasteiger partial charge in [-0.25, -0.2) is 0 Å². The molecule has 0 unspecified atom stereocenters. The summed E-state index contributed by atoms with van der Waals surface area (Å²) in [7, 11) is 2.05. The van der Waals surface area contributed by atoms with Crippen LogP contribution in [0.4, 0.5) is 0 Å². The van der Waals surface area contributed by atoms with Crippen molar-refractivity contribution in [3.8, 4) is 0 Å². The Morgan fingerprint density at radius 2 is 2.36 bits per heavy atom. The van der Waals surface area contributed by atoms with Gasteiger partial charge in [-0.3, -0.25) is 4.90 Å². The fourth-order valence-electron chi connectivity index (χ4n) is 2.94. The summed E-state index contributed by atoms with van der Waals surface area (Å²) in [6.45, 7) is 2.41. The zero-order valence-corrected chi connectivity index (χ0v) is 6.79. The molecule has 0 aromatic rings. The quantitative estimate of drug-likeness (QED) is 0.547. The van der Waals surface area contributed by atoms with E-state index in [1.54, 1.807) is 0 Å². The van der Waals surface area contributed by atoms with Crippen LogP contribution in [0.5, 0.6) is 0 Å². The van der Waals surface area contributed by atoms with Crippen molar-refractivity contribution in [2.45, 2.75) is 30.7 Å². The number of likely N-dealkylation sites (N-methyl/N-ethyl adjacent to an activating group) is 1. The SMILES string of the molecule is CN[C@@H]1[C@H]2[C@@H]3CCN2C[C@@H]1O3. The fraction of sp³-hybridized carbons (Fsp3) is 1.00. The lowest BCUT2D eigenvalue weighted by Gasteiger charge is -2.21. The highest BCUT2D eigenvalue weighted by atomic mass is 16.5. The first-order chi connectivity index (χ1) is 5.40. The van der Waals surface area contributed by atoms with E-state index >= 15 is 0 Å². The van der Waals surface area contributed by atoms with Crippen LogP contribution in [-0.4, -0.2) is 49.3 Å². The summed E-state index contributed by atoms with van der Waals surface area (Å²) in [4.78, 5) is 2.57. The van der Waals surface area contributed by atoms with Crippen LogP contribution in [0.2, 0.25) is 0 Å². The molecule has 2 bridgehead atoms. The Morgan fingerprint density at radius 3 is 3.00 bits per heavy atom. The third-order valence-corrected chi connectivity index (χ3v) is 3.37. The molecule has 3 heterocycles. The van der Waals surface area contributed by atoms with Crippen LogP contribution in [0.1, 0.15) is 6.42 Å². The summed E-state index contributed by atoms with van der Waals surface area (Å²) >= 11 is 0. The lowest BCUT2D eigenvalue weighted by molar-refractivity contribution is 0.00833. The summed E-state index contributed by atoms with van der Waals surface area (Å²) in [5.74, 6) is 0. The Bertz CT molecular complexity index is 171. The lowest BCUT2D eigenvalue weighted by atomic mass is 10.1. The van der Waals surface area contributed by atoms with Gasteiger partial charge in [0.15, 0.2) is 0 Å². The van der Waals surface area contributed by atoms with E-state index in [4.69, 9.17) is 4.74 Å². The predicted molar refractivity (Wildman–Crippen MR) is 41.5 cm³/mol. The summed E-state index contributed by atoms with van der Waals surface area (Å²) in [5.41, 5.74) is 0. The third-order valence-electron chi connectivity index (χ3n) is 3.37. The van der Waals surface area contributed by atoms with Crippen LogP contribution >= 0.6 is 0 Å². The molecule has 3 nitrogen and oxygen atoms in total. The number of ether oxygens (including phenoxy) is 1. The average Bonchev–Trinajstić information content (AvgIpc) is 2.55. The smallest absolute Gasteiger partial charge is 0.0875 e. The van der Waals surface area contributed by atoms with E-state index in [-0.39, 0.29) is 0 Å². The van der Waals surface area contributed by atoms with E-state index in [0.717, 1.165) is 6.54 Å². The minimum atomic E-state index is 0.484. The van der Waals surface area contributed by atoms with Gasteiger partial charge in [-0.2, -0.15) is 0 Å². The average molecular weight is 154 g/mol. The standard InChI is InChI=1S/C8H14N2O/c1-9-7-6-4-10-3-2-5(11-6)8(7)10/h5-9H,2-4H2,1H3/t5-,6-,7-,8+/m0/s1. The van der Waals surface area contributed by atoms with E-state index in [1.807, 2.05) is 7.05 Å². The first-order valence-electron chi connectivity index (χ1n) is 4.47. The van der Waals surface area contributed by atoms with Crippen molar-refractivity contribution in [1.29, 1.82) is 0 Å². The summed E-state index contributed by atoms with van der Waals surface area (Å²) in [6, 6.07) is 1.31. The van der Waals surface area contributed by atoms with E-state index in [0.29, 0.717) is 24.3 Å². The maximum absolute atomic E-state index is 5.85. The van der Waals surface area contributed by atoms with Gasteiger partial charge in [-0.1, -0.05) is 0 Å². The van der Waals surface area contributed by atoms with Gasteiger partial charge >= 0.3 is 0 Å². The van der Waals surface area contributed by atoms with Crippen molar-refractivity contribution in [2.75, 3.05) is 20.1 Å². The normalized spacial score (nSPS) is 54.3. The molecule has 1 N–H and O–H groups in total. The molecule has 3 rings (SSSR count). The predicted octanol–water partition coefficient (Wildman–Crippen LogP) is -0.570. The molecular formula is C8H14N2O. The highest BCUT2D eigenvalue weighted by molar-refractivity contribution is 5.11. The van der Waals surface area contributed by atoms with E-state index in [9.17, 15) is 0 Å². The van der Waals surface area contributed by atoms with Crippen LogP contribution in [0, 0.1) is 0 Å². The van der Waals surface area contributed by atoms with Crippen molar-refractivity contribution >= 4 is 0 Å². The molecule has 0 spiro atoms. The van der Waals surface area contributed by atoms with Gasteiger partial charge in [0, 0.05) is 13.1 Å². The Labute approximate surface area is 66.7 Å². The number of hydrogen-bond acceptors (Lipinski definition) is 3. The van der Waals surface area contributed by atoms with Crippen LogP contribution in [0.25, 0.3) is 0 Å². The molecule has 0 aromatic heterocycles. The first kappa shape index (κ1) is 6.40. The third kappa shape index (κ3) is 0.643. The minimum absolute atomic E-state index is 0.484. The van der Waals surface area contributed by atoms with E-state index in [2.05, 4.69) is 10.2 Å². The molecule has 0 radical (unpaired) electrons. The number of morpholine rings is 1. The molecule has 0 aliphatic carbocycles. The van der Waals surface area contributed by atoms with Gasteiger partial charge in [-0.15, -0.1) is 0 Å². The molecule has 0 saturated carbocycles. The second-order valence-corrected chi connectivity index (χ2v) is 3.80. The zero-order chi connectivity index (χ0) is 7.42. The largest absolute Gasteiger partial charge is 0.370 e. The number of nitrogens with one attached hydrogen (secondary N) is 1. The topological polar surface area (TPSA) is 24.5 Å². The number of hydrogen-bond donors (Lipinski definition) is 1. The highest BCUT2D eigenvalue weighted by Crippen LogP contribution is 2.39. The lowest BCUT2D eigenvalue weighted by Crippen LogP contribution is -2.40. The maximum atomic E-state index is 5.85. The first-order valence-corrected chi connectivity index (χ1v) is 4.47. The Kier molecular flexibility index (Phi) is 1.15. The molecule has 3 fully saturated rings. The summed E-state index contributed by atoms with van der Waals surface area (Å²) < 4.78 is 5.85. The molecule has 62 valence electrons. The number of rotatable bonds is 1. The zero-order valence-electron chi connectivity index (χ0n) is 6.79. The van der Waals surface area contributed by atoms with Gasteiger partial charge in [0.2, 0.25) is 0 Å². The fourth-order valence-corrected chi connectivity index (χ4v) is 2.94. The molecule has 3 aliphatic rings. The van der Waals surface area contributed by atoms with Gasteiger partial charge in [0.1, 0.15) is 0 Å². The molecule has 11 heavy (non-hydrogen) atoms. The van der Waals surface area contributed by atoms with Crippen molar-refractivity contribution < 1.29 is 4.74 Å². The molecular weight excluding hydrogens is 140 g/mol. The maximum Gasteiger partial charge on any atom is 0.0875 e. The van der Waals surface area contributed by atoms with E-state index in [1.165, 1.54) is 13.0 Å². The molecule has 0 amide bonds. The van der Waals surface area contributed by atoms with Crippen molar-refractivity contribution in [2.24, 2.45) is 0 Å². The van der Waals surface area contributed by atoms with Gasteiger partial charge in [0.25, 0.3) is 0 Å².